The molecule has 0 spiro atoms. The number of hydrogen-bond donors (Lipinski definition) is 3. The van der Waals surface area contributed by atoms with Crippen LogP contribution < -0.4 is 0 Å². The van der Waals surface area contributed by atoms with Crippen molar-refractivity contribution in [3.63, 3.8) is 0 Å². The highest BCUT2D eigenvalue weighted by atomic mass is 31.2. The maximum atomic E-state index is 13.1. The number of aliphatic hydroxyl groups excluding tert-OH is 1. The first-order chi connectivity index (χ1) is 49.2. The molecule has 0 saturated heterocycles. The molecule has 17 nitrogen and oxygen atoms in total. The number of unbranched alkanes of at least 4 members (excludes halogenated alkanes) is 49. The maximum Gasteiger partial charge on any atom is 0.472 e. The Hall–Kier alpha value is -1.94. The number of hydrogen-bond acceptors (Lipinski definition) is 15. The zero-order valence-electron chi connectivity index (χ0n) is 67.1. The second-order valence-corrected chi connectivity index (χ2v) is 34.2. The fourth-order valence-electron chi connectivity index (χ4n) is 12.8. The second kappa shape index (κ2) is 73.2. The van der Waals surface area contributed by atoms with E-state index in [0.29, 0.717) is 25.7 Å². The largest absolute Gasteiger partial charge is 0.472 e. The Bertz CT molecular complexity index is 1970. The third-order valence-corrected chi connectivity index (χ3v) is 21.3. The highest BCUT2D eigenvalue weighted by Crippen LogP contribution is 2.45. The van der Waals surface area contributed by atoms with Crippen molar-refractivity contribution in [2.75, 3.05) is 39.6 Å². The molecule has 0 rings (SSSR count). The van der Waals surface area contributed by atoms with Crippen molar-refractivity contribution in [3.05, 3.63) is 0 Å². The van der Waals surface area contributed by atoms with Crippen LogP contribution in [0.5, 0.6) is 0 Å². The SMILES string of the molecule is CCCCCCCCCCCCCCCCCCCC(=O)OC[C@H](COP(=O)(O)OC[C@@H](O)COP(=O)(O)OC[C@@H](COC(=O)CCCCCCCCCCCC(C)C)OC(=O)CCCCCCCCCCCCCCCC(C)C)OC(=O)CCCCCCCCCCCCCCCCC(C)C. The van der Waals surface area contributed by atoms with Gasteiger partial charge in [-0.2, -0.15) is 0 Å². The van der Waals surface area contributed by atoms with Crippen LogP contribution in [-0.2, 0) is 65.4 Å². The summed E-state index contributed by atoms with van der Waals surface area (Å²) in [5, 5.41) is 10.7. The zero-order valence-corrected chi connectivity index (χ0v) is 68.9. The summed E-state index contributed by atoms with van der Waals surface area (Å²) in [5.41, 5.74) is 0. The molecule has 0 heterocycles. The minimum atomic E-state index is -4.96. The number of rotatable bonds is 81. The molecule has 0 aliphatic heterocycles. The van der Waals surface area contributed by atoms with E-state index in [-0.39, 0.29) is 25.7 Å². The third kappa shape index (κ3) is 76.3. The van der Waals surface area contributed by atoms with Crippen LogP contribution in [0.15, 0.2) is 0 Å². The van der Waals surface area contributed by atoms with Gasteiger partial charge in [0.25, 0.3) is 0 Å². The van der Waals surface area contributed by atoms with E-state index < -0.39 is 97.5 Å². The van der Waals surface area contributed by atoms with Gasteiger partial charge >= 0.3 is 39.5 Å². The average Bonchev–Trinajstić information content (AvgIpc) is 0.906. The predicted molar refractivity (Wildman–Crippen MR) is 418 cm³/mol. The molecule has 102 heavy (non-hydrogen) atoms. The van der Waals surface area contributed by atoms with Gasteiger partial charge in [-0.15, -0.1) is 0 Å². The van der Waals surface area contributed by atoms with Gasteiger partial charge in [0.2, 0.25) is 0 Å². The number of esters is 4. The number of carbonyl (C=O) groups is 4. The summed E-state index contributed by atoms with van der Waals surface area (Å²) in [6.07, 6.45) is 62.4. The molecule has 0 saturated carbocycles. The van der Waals surface area contributed by atoms with E-state index in [1.54, 1.807) is 0 Å². The Morgan fingerprint density at radius 1 is 0.265 bits per heavy atom. The number of aliphatic hydroxyl groups is 1. The van der Waals surface area contributed by atoms with E-state index in [4.69, 9.17) is 37.0 Å². The summed E-state index contributed by atoms with van der Waals surface area (Å²) >= 11 is 0. The van der Waals surface area contributed by atoms with Gasteiger partial charge in [-0.25, -0.2) is 9.13 Å². The molecular formula is C83H162O17P2. The summed E-state index contributed by atoms with van der Waals surface area (Å²) in [4.78, 5) is 73.2. The van der Waals surface area contributed by atoms with Crippen molar-refractivity contribution in [2.24, 2.45) is 17.8 Å². The van der Waals surface area contributed by atoms with Crippen LogP contribution in [0.4, 0.5) is 0 Å². The molecule has 606 valence electrons. The predicted octanol–water partition coefficient (Wildman–Crippen LogP) is 24.9. The minimum absolute atomic E-state index is 0.107. The summed E-state index contributed by atoms with van der Waals surface area (Å²) in [7, 11) is -9.93. The van der Waals surface area contributed by atoms with Gasteiger partial charge < -0.3 is 33.8 Å². The molecule has 0 aliphatic rings. The molecule has 0 aliphatic carbocycles. The Balaban J connectivity index is 5.27. The lowest BCUT2D eigenvalue weighted by molar-refractivity contribution is -0.161. The molecule has 5 atom stereocenters. The molecular weight excluding hydrogens is 1330 g/mol. The highest BCUT2D eigenvalue weighted by Gasteiger charge is 2.30. The Kier molecular flexibility index (Phi) is 71.8. The van der Waals surface area contributed by atoms with Gasteiger partial charge in [0.15, 0.2) is 12.2 Å². The molecule has 2 unspecified atom stereocenters. The number of carbonyl (C=O) groups excluding carboxylic acids is 4. The normalized spacial score (nSPS) is 13.9. The molecule has 19 heteroatoms. The van der Waals surface area contributed by atoms with Crippen LogP contribution in [-0.4, -0.2) is 96.7 Å². The number of ether oxygens (including phenoxy) is 4. The molecule has 0 amide bonds. The van der Waals surface area contributed by atoms with Gasteiger partial charge in [-0.3, -0.25) is 37.3 Å². The first-order valence-corrected chi connectivity index (χ1v) is 45.8. The van der Waals surface area contributed by atoms with Gasteiger partial charge in [0, 0.05) is 25.7 Å². The van der Waals surface area contributed by atoms with Crippen LogP contribution in [0.2, 0.25) is 0 Å². The molecule has 0 radical (unpaired) electrons. The Labute approximate surface area is 626 Å². The topological polar surface area (TPSA) is 237 Å². The lowest BCUT2D eigenvalue weighted by Crippen LogP contribution is -2.30. The van der Waals surface area contributed by atoms with E-state index in [1.807, 2.05) is 0 Å². The van der Waals surface area contributed by atoms with Crippen LogP contribution in [0, 0.1) is 17.8 Å². The summed E-state index contributed by atoms with van der Waals surface area (Å²) < 4.78 is 68.8. The lowest BCUT2D eigenvalue weighted by atomic mass is 10.0. The smallest absolute Gasteiger partial charge is 0.462 e. The van der Waals surface area contributed by atoms with E-state index in [2.05, 4.69) is 48.5 Å². The Morgan fingerprint density at radius 2 is 0.451 bits per heavy atom. The molecule has 3 N–H and O–H groups in total. The van der Waals surface area contributed by atoms with Crippen molar-refractivity contribution >= 4 is 39.5 Å². The fourth-order valence-corrected chi connectivity index (χ4v) is 14.4. The van der Waals surface area contributed by atoms with Crippen LogP contribution >= 0.6 is 15.6 Å². The van der Waals surface area contributed by atoms with E-state index in [9.17, 15) is 43.2 Å². The van der Waals surface area contributed by atoms with Crippen LogP contribution in [0.3, 0.4) is 0 Å². The molecule has 0 fully saturated rings. The second-order valence-electron chi connectivity index (χ2n) is 31.3. The van der Waals surface area contributed by atoms with Crippen molar-refractivity contribution in [1.82, 2.24) is 0 Å². The van der Waals surface area contributed by atoms with E-state index >= 15 is 0 Å². The first-order valence-electron chi connectivity index (χ1n) is 42.8. The van der Waals surface area contributed by atoms with Gasteiger partial charge in [0.1, 0.15) is 19.3 Å². The van der Waals surface area contributed by atoms with E-state index in [0.717, 1.165) is 108 Å². The first kappa shape index (κ1) is 100. The van der Waals surface area contributed by atoms with Crippen molar-refractivity contribution in [2.45, 2.75) is 452 Å². The van der Waals surface area contributed by atoms with Crippen LogP contribution in [0.1, 0.15) is 434 Å². The van der Waals surface area contributed by atoms with Crippen LogP contribution in [0.25, 0.3) is 0 Å². The molecule has 0 bridgehead atoms. The fraction of sp³-hybridized carbons (Fsp3) is 0.952. The quantitative estimate of drug-likeness (QED) is 0.0222. The zero-order chi connectivity index (χ0) is 75.1. The maximum absolute atomic E-state index is 13.1. The summed E-state index contributed by atoms with van der Waals surface area (Å²) in [6.45, 7) is 12.0. The number of phosphoric ester groups is 2. The molecule has 0 aromatic carbocycles. The number of phosphoric acid groups is 2. The summed E-state index contributed by atoms with van der Waals surface area (Å²) in [5.74, 6) is 0.218. The van der Waals surface area contributed by atoms with E-state index in [1.165, 1.54) is 244 Å². The Morgan fingerprint density at radius 3 is 0.667 bits per heavy atom. The monoisotopic (exact) mass is 1490 g/mol. The van der Waals surface area contributed by atoms with Crippen molar-refractivity contribution < 1.29 is 80.2 Å². The average molecular weight is 1490 g/mol. The van der Waals surface area contributed by atoms with Gasteiger partial charge in [-0.05, 0) is 43.4 Å². The molecule has 0 aromatic heterocycles. The molecule has 0 aromatic rings. The standard InChI is InChI=1S/C83H162O17P2/c1-8-9-10-11-12-13-14-15-16-17-18-24-29-36-43-50-57-64-80(85)93-70-78(99-82(87)66-59-52-45-37-30-25-20-19-22-27-33-40-47-54-61-74(2)3)72-97-101(89,90)95-68-77(84)69-96-102(91,92)98-73-79(71-94-81(86)65-58-51-44-39-32-35-42-49-56-63-76(6)7)100-83(88)67-60-53-46-38-31-26-21-23-28-34-41-48-55-62-75(4)5/h74-79,84H,8-73H2,1-7H3,(H,89,90)(H,91,92)/t77-,78-,79-/m1/s1. The summed E-state index contributed by atoms with van der Waals surface area (Å²) in [6, 6.07) is 0. The highest BCUT2D eigenvalue weighted by molar-refractivity contribution is 7.47. The van der Waals surface area contributed by atoms with Crippen molar-refractivity contribution in [3.8, 4) is 0 Å². The minimum Gasteiger partial charge on any atom is -0.462 e. The lowest BCUT2D eigenvalue weighted by Gasteiger charge is -2.21. The van der Waals surface area contributed by atoms with Gasteiger partial charge in [-0.1, -0.05) is 382 Å². The third-order valence-electron chi connectivity index (χ3n) is 19.4. The van der Waals surface area contributed by atoms with Gasteiger partial charge in [0.05, 0.1) is 26.4 Å². The van der Waals surface area contributed by atoms with Crippen molar-refractivity contribution in [1.29, 1.82) is 0 Å².